The number of aromatic nitrogens is 4. The first-order valence-corrected chi connectivity index (χ1v) is 4.34. The number of rotatable bonds is 1. The summed E-state index contributed by atoms with van der Waals surface area (Å²) in [6, 6.07) is 0. The van der Waals surface area contributed by atoms with Crippen LogP contribution in [0.25, 0.3) is 11.6 Å². The molecule has 0 spiro atoms. The molecule has 2 heterocycles. The third-order valence-corrected chi connectivity index (χ3v) is 1.91. The highest BCUT2D eigenvalue weighted by atomic mass is 79.9. The van der Waals surface area contributed by atoms with E-state index in [1.807, 2.05) is 0 Å². The molecule has 2 aromatic rings. The molecule has 0 aliphatic carbocycles. The van der Waals surface area contributed by atoms with Crippen LogP contribution in [0.5, 0.6) is 0 Å². The number of nitrogens with zero attached hydrogens (tertiary/aromatic N) is 2. The van der Waals surface area contributed by atoms with Gasteiger partial charge in [-0.05, 0) is 15.9 Å². The fourth-order valence-electron chi connectivity index (χ4n) is 0.838. The van der Waals surface area contributed by atoms with Gasteiger partial charge in [0.1, 0.15) is 9.76 Å². The third-order valence-electron chi connectivity index (χ3n) is 1.31. The lowest BCUT2D eigenvalue weighted by molar-refractivity contribution is 1.19. The molecular weight excluding hydrogens is 243 g/mol. The van der Waals surface area contributed by atoms with Gasteiger partial charge < -0.3 is 9.97 Å². The van der Waals surface area contributed by atoms with E-state index >= 15 is 0 Å². The normalized spacial score (nSPS) is 10.5. The van der Waals surface area contributed by atoms with Crippen molar-refractivity contribution >= 4 is 27.5 Å². The van der Waals surface area contributed by atoms with Crippen LogP contribution in [0.15, 0.2) is 17.0 Å². The van der Waals surface area contributed by atoms with Crippen molar-refractivity contribution in [2.45, 2.75) is 0 Å². The minimum Gasteiger partial charge on any atom is -0.330 e. The molecule has 2 N–H and O–H groups in total. The van der Waals surface area contributed by atoms with E-state index < -0.39 is 0 Å². The number of aromatic amines is 2. The van der Waals surface area contributed by atoms with E-state index in [2.05, 4.69) is 35.9 Å². The maximum absolute atomic E-state index is 5.65. The molecule has 2 aromatic heterocycles. The van der Waals surface area contributed by atoms with Gasteiger partial charge in [-0.2, -0.15) is 0 Å². The molecule has 0 aliphatic rings. The molecule has 0 radical (unpaired) electrons. The van der Waals surface area contributed by atoms with Gasteiger partial charge in [0.25, 0.3) is 0 Å². The molecule has 0 atom stereocenters. The van der Waals surface area contributed by atoms with Crippen molar-refractivity contribution in [1.82, 2.24) is 19.9 Å². The molecule has 0 fully saturated rings. The average molecular weight is 247 g/mol. The second-order valence-electron chi connectivity index (χ2n) is 2.16. The first-order chi connectivity index (χ1) is 5.75. The Bertz CT molecular complexity index is 355. The van der Waals surface area contributed by atoms with Crippen LogP contribution in [-0.4, -0.2) is 19.9 Å². The summed E-state index contributed by atoms with van der Waals surface area (Å²) in [5, 5.41) is 0.498. The fourth-order valence-corrected chi connectivity index (χ4v) is 1.27. The minimum absolute atomic E-state index is 0.498. The SMILES string of the molecule is Clc1cnc(-c2ncc(Br)[nH]2)[nH]1. The largest absolute Gasteiger partial charge is 0.330 e. The second kappa shape index (κ2) is 2.91. The Balaban J connectivity index is 2.43. The molecule has 0 aromatic carbocycles. The van der Waals surface area contributed by atoms with E-state index in [9.17, 15) is 0 Å². The van der Waals surface area contributed by atoms with E-state index in [4.69, 9.17) is 11.6 Å². The summed E-state index contributed by atoms with van der Waals surface area (Å²) >= 11 is 8.89. The quantitative estimate of drug-likeness (QED) is 0.812. The number of hydrogen-bond acceptors (Lipinski definition) is 2. The molecule has 0 amide bonds. The second-order valence-corrected chi connectivity index (χ2v) is 3.42. The van der Waals surface area contributed by atoms with Gasteiger partial charge in [-0.25, -0.2) is 9.97 Å². The zero-order chi connectivity index (χ0) is 8.55. The molecule has 6 heteroatoms. The van der Waals surface area contributed by atoms with Crippen molar-refractivity contribution in [3.8, 4) is 11.6 Å². The Morgan fingerprint density at radius 3 is 2.33 bits per heavy atom. The van der Waals surface area contributed by atoms with Gasteiger partial charge in [-0.1, -0.05) is 11.6 Å². The first-order valence-electron chi connectivity index (χ1n) is 3.17. The Labute approximate surface area is 81.5 Å². The fraction of sp³-hybridized carbons (Fsp3) is 0. The van der Waals surface area contributed by atoms with Crippen LogP contribution in [0.1, 0.15) is 0 Å². The number of H-pyrrole nitrogens is 2. The van der Waals surface area contributed by atoms with Crippen LogP contribution in [-0.2, 0) is 0 Å². The first kappa shape index (κ1) is 7.82. The lowest BCUT2D eigenvalue weighted by Gasteiger charge is -1.86. The van der Waals surface area contributed by atoms with Crippen LogP contribution in [0.3, 0.4) is 0 Å². The predicted molar refractivity (Wildman–Crippen MR) is 48.9 cm³/mol. The highest BCUT2D eigenvalue weighted by molar-refractivity contribution is 9.10. The van der Waals surface area contributed by atoms with E-state index in [1.54, 1.807) is 6.20 Å². The van der Waals surface area contributed by atoms with Gasteiger partial charge in [-0.15, -0.1) is 0 Å². The summed E-state index contributed by atoms with van der Waals surface area (Å²) in [6.45, 7) is 0. The number of nitrogens with one attached hydrogen (secondary N) is 2. The van der Waals surface area contributed by atoms with Crippen molar-refractivity contribution in [2.75, 3.05) is 0 Å². The van der Waals surface area contributed by atoms with Crippen molar-refractivity contribution in [3.05, 3.63) is 22.1 Å². The monoisotopic (exact) mass is 246 g/mol. The summed E-state index contributed by atoms with van der Waals surface area (Å²) in [5.74, 6) is 1.29. The molecule has 0 saturated carbocycles. The van der Waals surface area contributed by atoms with Gasteiger partial charge in [0.2, 0.25) is 0 Å². The van der Waals surface area contributed by atoms with Crippen LogP contribution in [0.4, 0.5) is 0 Å². The number of halogens is 2. The van der Waals surface area contributed by atoms with Gasteiger partial charge in [0, 0.05) is 0 Å². The summed E-state index contributed by atoms with van der Waals surface area (Å²) in [7, 11) is 0. The Hall–Kier alpha value is -0.810. The summed E-state index contributed by atoms with van der Waals surface area (Å²) in [5.41, 5.74) is 0. The minimum atomic E-state index is 0.498. The van der Waals surface area contributed by atoms with Crippen LogP contribution in [0.2, 0.25) is 5.15 Å². The number of imidazole rings is 2. The lowest BCUT2D eigenvalue weighted by atomic mass is 10.6. The van der Waals surface area contributed by atoms with Crippen molar-refractivity contribution in [2.24, 2.45) is 0 Å². The topological polar surface area (TPSA) is 57.4 Å². The standard InChI is InChI=1S/C6H4BrClN4/c7-3-1-9-5(11-3)6-10-2-4(8)12-6/h1-2H,(H,9,11)(H,10,12). The van der Waals surface area contributed by atoms with Crippen molar-refractivity contribution in [1.29, 1.82) is 0 Å². The maximum atomic E-state index is 5.65. The molecule has 2 rings (SSSR count). The number of hydrogen-bond donors (Lipinski definition) is 2. The highest BCUT2D eigenvalue weighted by Gasteiger charge is 2.04. The maximum Gasteiger partial charge on any atom is 0.174 e. The smallest absolute Gasteiger partial charge is 0.174 e. The molecular formula is C6H4BrClN4. The van der Waals surface area contributed by atoms with Crippen LogP contribution >= 0.6 is 27.5 Å². The molecule has 62 valence electrons. The summed E-state index contributed by atoms with van der Waals surface area (Å²) in [4.78, 5) is 13.8. The lowest BCUT2D eigenvalue weighted by Crippen LogP contribution is -1.81. The van der Waals surface area contributed by atoms with Gasteiger partial charge in [0.15, 0.2) is 11.6 Å². The molecule has 0 aliphatic heterocycles. The zero-order valence-corrected chi connectivity index (χ0v) is 8.15. The van der Waals surface area contributed by atoms with Crippen molar-refractivity contribution in [3.63, 3.8) is 0 Å². The van der Waals surface area contributed by atoms with E-state index in [1.165, 1.54) is 6.20 Å². The molecule has 0 unspecified atom stereocenters. The van der Waals surface area contributed by atoms with Crippen LogP contribution in [0, 0.1) is 0 Å². The molecule has 12 heavy (non-hydrogen) atoms. The highest BCUT2D eigenvalue weighted by Crippen LogP contribution is 2.15. The predicted octanol–water partition coefficient (Wildman–Crippen LogP) is 2.22. The summed E-state index contributed by atoms with van der Waals surface area (Å²) in [6.07, 6.45) is 3.19. The van der Waals surface area contributed by atoms with E-state index in [0.29, 0.717) is 16.8 Å². The van der Waals surface area contributed by atoms with Gasteiger partial charge >= 0.3 is 0 Å². The molecule has 4 nitrogen and oxygen atoms in total. The third kappa shape index (κ3) is 1.37. The van der Waals surface area contributed by atoms with Crippen molar-refractivity contribution < 1.29 is 0 Å². The Kier molecular flexibility index (Phi) is 1.90. The van der Waals surface area contributed by atoms with Crippen LogP contribution < -0.4 is 0 Å². The molecule has 0 bridgehead atoms. The Morgan fingerprint density at radius 2 is 1.83 bits per heavy atom. The molecule has 0 saturated heterocycles. The Morgan fingerprint density at radius 1 is 1.17 bits per heavy atom. The summed E-state index contributed by atoms with van der Waals surface area (Å²) < 4.78 is 0.810. The zero-order valence-electron chi connectivity index (χ0n) is 5.81. The van der Waals surface area contributed by atoms with E-state index in [-0.39, 0.29) is 0 Å². The van der Waals surface area contributed by atoms with Gasteiger partial charge in [0.05, 0.1) is 12.4 Å². The van der Waals surface area contributed by atoms with E-state index in [0.717, 1.165) is 4.60 Å². The van der Waals surface area contributed by atoms with Gasteiger partial charge in [-0.3, -0.25) is 0 Å². The average Bonchev–Trinajstić information content (AvgIpc) is 2.58.